The molecule has 1 aromatic carbocycles. The summed E-state index contributed by atoms with van der Waals surface area (Å²) in [7, 11) is 0. The molecule has 2 heterocycles. The third kappa shape index (κ3) is 2.13. The van der Waals surface area contributed by atoms with E-state index < -0.39 is 0 Å². The molecule has 0 saturated carbocycles. The quantitative estimate of drug-likeness (QED) is 0.831. The molecule has 0 bridgehead atoms. The molecule has 3 atom stereocenters. The highest BCUT2D eigenvalue weighted by atomic mass is 32.1. The van der Waals surface area contributed by atoms with Gasteiger partial charge in [-0.1, -0.05) is 26.0 Å². The van der Waals surface area contributed by atoms with E-state index in [0.29, 0.717) is 12.0 Å². The lowest BCUT2D eigenvalue weighted by molar-refractivity contribution is 0.0910. The molecular formula is C19H26N2S. The topological polar surface area (TPSA) is 8.17 Å². The highest BCUT2D eigenvalue weighted by molar-refractivity contribution is 7.79. The number of rotatable bonds is 3. The van der Waals surface area contributed by atoms with Crippen LogP contribution in [0.15, 0.2) is 24.4 Å². The summed E-state index contributed by atoms with van der Waals surface area (Å²) in [6.45, 7) is 7.24. The van der Waals surface area contributed by atoms with Gasteiger partial charge in [0.05, 0.1) is 5.88 Å². The molecule has 2 nitrogen and oxygen atoms in total. The lowest BCUT2D eigenvalue weighted by Crippen LogP contribution is -2.49. The van der Waals surface area contributed by atoms with Crippen LogP contribution in [0, 0.1) is 5.92 Å². The van der Waals surface area contributed by atoms with E-state index in [-0.39, 0.29) is 0 Å². The zero-order chi connectivity index (χ0) is 15.3. The molecule has 3 heteroatoms. The summed E-state index contributed by atoms with van der Waals surface area (Å²) < 4.78 is 2.31. The average Bonchev–Trinajstić information content (AvgIpc) is 2.88. The van der Waals surface area contributed by atoms with Crippen molar-refractivity contribution in [2.75, 3.05) is 13.1 Å². The summed E-state index contributed by atoms with van der Waals surface area (Å²) in [6.07, 6.45) is 6.16. The minimum absolute atomic E-state index is 0.699. The molecule has 1 aliphatic carbocycles. The number of benzene rings is 1. The molecule has 1 aromatic heterocycles. The molecule has 0 unspecified atom stereocenters. The van der Waals surface area contributed by atoms with Crippen LogP contribution in [0.1, 0.15) is 43.7 Å². The Labute approximate surface area is 138 Å². The molecule has 4 rings (SSSR count). The number of nitrogens with zero attached hydrogens (tertiary/aromatic N) is 2. The van der Waals surface area contributed by atoms with Crippen LogP contribution in [0.2, 0.25) is 0 Å². The summed E-state index contributed by atoms with van der Waals surface area (Å²) in [5.74, 6) is 2.28. The second-order valence-electron chi connectivity index (χ2n) is 7.22. The van der Waals surface area contributed by atoms with Gasteiger partial charge >= 0.3 is 0 Å². The number of fused-ring (bicyclic) bond motifs is 2. The molecule has 2 aromatic rings. The van der Waals surface area contributed by atoms with Crippen LogP contribution in [0.25, 0.3) is 10.9 Å². The second-order valence-corrected chi connectivity index (χ2v) is 7.50. The van der Waals surface area contributed by atoms with Crippen LogP contribution in [-0.4, -0.2) is 28.6 Å². The number of thiol groups is 1. The molecule has 1 saturated heterocycles. The van der Waals surface area contributed by atoms with Crippen LogP contribution in [0.5, 0.6) is 0 Å². The van der Waals surface area contributed by atoms with Crippen molar-refractivity contribution in [1.29, 1.82) is 0 Å². The predicted molar refractivity (Wildman–Crippen MR) is 96.8 cm³/mol. The summed E-state index contributed by atoms with van der Waals surface area (Å²) in [6, 6.07) is 7.58. The second kappa shape index (κ2) is 5.61. The molecule has 0 amide bonds. The van der Waals surface area contributed by atoms with E-state index in [4.69, 9.17) is 0 Å². The molecule has 2 aliphatic rings. The van der Waals surface area contributed by atoms with Gasteiger partial charge < -0.3 is 4.57 Å². The smallest absolute Gasteiger partial charge is 0.0653 e. The third-order valence-corrected chi connectivity index (χ3v) is 5.95. The third-order valence-electron chi connectivity index (χ3n) is 5.64. The predicted octanol–water partition coefficient (Wildman–Crippen LogP) is 4.29. The zero-order valence-electron chi connectivity index (χ0n) is 13.6. The molecule has 0 spiro atoms. The maximum Gasteiger partial charge on any atom is 0.0653 e. The van der Waals surface area contributed by atoms with Gasteiger partial charge in [-0.05, 0) is 48.9 Å². The fourth-order valence-electron chi connectivity index (χ4n) is 4.88. The van der Waals surface area contributed by atoms with Gasteiger partial charge in [0.2, 0.25) is 0 Å². The van der Waals surface area contributed by atoms with E-state index >= 15 is 0 Å². The van der Waals surface area contributed by atoms with E-state index in [0.717, 1.165) is 11.8 Å². The molecule has 22 heavy (non-hydrogen) atoms. The average molecular weight is 314 g/mol. The first-order valence-corrected chi connectivity index (χ1v) is 9.31. The summed E-state index contributed by atoms with van der Waals surface area (Å²) in [5.41, 5.74) is 4.51. The summed E-state index contributed by atoms with van der Waals surface area (Å²) in [4.78, 5) is 2.76. The highest BCUT2D eigenvalue weighted by Gasteiger charge is 2.39. The van der Waals surface area contributed by atoms with Crippen LogP contribution >= 0.6 is 12.6 Å². The van der Waals surface area contributed by atoms with Crippen molar-refractivity contribution in [3.63, 3.8) is 0 Å². The van der Waals surface area contributed by atoms with Gasteiger partial charge in [-0.2, -0.15) is 12.6 Å². The van der Waals surface area contributed by atoms with Crippen LogP contribution in [0.4, 0.5) is 0 Å². The normalized spacial score (nSPS) is 28.0. The lowest BCUT2D eigenvalue weighted by Gasteiger charge is -2.46. The van der Waals surface area contributed by atoms with Gasteiger partial charge in [-0.25, -0.2) is 0 Å². The number of hydrogen-bond donors (Lipinski definition) is 1. The number of piperidine rings is 1. The monoisotopic (exact) mass is 314 g/mol. The van der Waals surface area contributed by atoms with Crippen molar-refractivity contribution >= 4 is 23.5 Å². The van der Waals surface area contributed by atoms with Crippen molar-refractivity contribution in [2.24, 2.45) is 5.92 Å². The lowest BCUT2D eigenvalue weighted by atomic mass is 9.72. The number of likely N-dealkylation sites (tertiary alicyclic amines) is 1. The first-order chi connectivity index (χ1) is 10.7. The fraction of sp³-hybridized carbons (Fsp3) is 0.579. The van der Waals surface area contributed by atoms with E-state index in [1.54, 1.807) is 5.56 Å². The van der Waals surface area contributed by atoms with Gasteiger partial charge in [0.15, 0.2) is 0 Å². The highest BCUT2D eigenvalue weighted by Crippen LogP contribution is 2.45. The number of aromatic nitrogens is 1. The Balaban J connectivity index is 1.84. The minimum atomic E-state index is 0.699. The Morgan fingerprint density at radius 2 is 2.18 bits per heavy atom. The molecule has 1 aliphatic heterocycles. The Hall–Kier alpha value is -0.930. The first kappa shape index (κ1) is 14.6. The Bertz CT molecular complexity index is 690. The van der Waals surface area contributed by atoms with Gasteiger partial charge in [0, 0.05) is 35.6 Å². The van der Waals surface area contributed by atoms with E-state index in [1.165, 1.54) is 48.8 Å². The maximum atomic E-state index is 4.51. The molecule has 1 fully saturated rings. The van der Waals surface area contributed by atoms with Crippen molar-refractivity contribution in [3.05, 3.63) is 35.5 Å². The zero-order valence-corrected chi connectivity index (χ0v) is 14.5. The molecule has 118 valence electrons. The maximum absolute atomic E-state index is 4.51. The minimum Gasteiger partial charge on any atom is -0.338 e. The largest absolute Gasteiger partial charge is 0.338 e. The van der Waals surface area contributed by atoms with Crippen LogP contribution in [-0.2, 0) is 12.3 Å². The SMILES string of the molecule is CCCN1C[C@@H](C)C[C@@H]2c3cccc4c3c(cn4CS)C[C@H]21. The number of hydrogen-bond acceptors (Lipinski definition) is 2. The molecular weight excluding hydrogens is 288 g/mol. The van der Waals surface area contributed by atoms with E-state index in [1.807, 2.05) is 0 Å². The van der Waals surface area contributed by atoms with Crippen molar-refractivity contribution in [2.45, 2.75) is 50.9 Å². The Kier molecular flexibility index (Phi) is 3.74. The Morgan fingerprint density at radius 3 is 2.95 bits per heavy atom. The van der Waals surface area contributed by atoms with E-state index in [2.05, 4.69) is 60.3 Å². The standard InChI is InChI=1S/C19H26N2S/c1-3-7-20-10-13(2)8-16-15-5-4-6-17-19(15)14(9-18(16)20)11-21(17)12-22/h4-6,11,13,16,18,22H,3,7-10,12H2,1-2H3/t13-,16+,18+/m0/s1. The molecule has 0 radical (unpaired) electrons. The molecule has 0 N–H and O–H groups in total. The fourth-order valence-corrected chi connectivity index (χ4v) is 5.11. The van der Waals surface area contributed by atoms with Crippen molar-refractivity contribution in [1.82, 2.24) is 9.47 Å². The van der Waals surface area contributed by atoms with Crippen LogP contribution < -0.4 is 0 Å². The summed E-state index contributed by atoms with van der Waals surface area (Å²) >= 11 is 4.51. The van der Waals surface area contributed by atoms with Gasteiger partial charge in [-0.15, -0.1) is 0 Å². The van der Waals surface area contributed by atoms with E-state index in [9.17, 15) is 0 Å². The summed E-state index contributed by atoms with van der Waals surface area (Å²) in [5, 5.41) is 1.53. The van der Waals surface area contributed by atoms with Gasteiger partial charge in [0.25, 0.3) is 0 Å². The van der Waals surface area contributed by atoms with Gasteiger partial charge in [0.1, 0.15) is 0 Å². The Morgan fingerprint density at radius 1 is 1.32 bits per heavy atom. The van der Waals surface area contributed by atoms with Crippen molar-refractivity contribution in [3.8, 4) is 0 Å². The van der Waals surface area contributed by atoms with Gasteiger partial charge in [-0.3, -0.25) is 4.90 Å². The first-order valence-electron chi connectivity index (χ1n) is 8.68. The van der Waals surface area contributed by atoms with Crippen molar-refractivity contribution < 1.29 is 0 Å². The van der Waals surface area contributed by atoms with Crippen LogP contribution in [0.3, 0.4) is 0 Å².